The van der Waals surface area contributed by atoms with Crippen molar-refractivity contribution in [3.63, 3.8) is 0 Å². The van der Waals surface area contributed by atoms with Crippen molar-refractivity contribution >= 4 is 17.7 Å². The standard InChI is InChI=1S/C16H22N2O2/c1-13-4-6-15(14(12-13)5-7-16(19)20)18-9-3-8-17(2)10-11-18/h4-7,12H,3,8-11H2,1-2H3,(H,19,20)/b7-5+. The molecule has 0 radical (unpaired) electrons. The van der Waals surface area contributed by atoms with Gasteiger partial charge in [0.15, 0.2) is 0 Å². The second kappa shape index (κ2) is 6.57. The topological polar surface area (TPSA) is 43.8 Å². The Morgan fingerprint density at radius 1 is 1.25 bits per heavy atom. The van der Waals surface area contributed by atoms with Gasteiger partial charge in [-0.15, -0.1) is 0 Å². The number of nitrogens with zero attached hydrogens (tertiary/aromatic N) is 2. The van der Waals surface area contributed by atoms with E-state index in [2.05, 4.69) is 29.0 Å². The minimum Gasteiger partial charge on any atom is -0.478 e. The highest BCUT2D eigenvalue weighted by Crippen LogP contribution is 2.24. The molecule has 4 heteroatoms. The minimum absolute atomic E-state index is 0.909. The van der Waals surface area contributed by atoms with Crippen LogP contribution in [-0.2, 0) is 4.79 Å². The van der Waals surface area contributed by atoms with Crippen LogP contribution in [0.3, 0.4) is 0 Å². The summed E-state index contributed by atoms with van der Waals surface area (Å²) in [5, 5.41) is 8.82. The molecule has 1 aromatic carbocycles. The predicted octanol–water partition coefficient (Wildman–Crippen LogP) is 2.23. The molecule has 1 N–H and O–H groups in total. The van der Waals surface area contributed by atoms with Crippen LogP contribution in [0.4, 0.5) is 5.69 Å². The van der Waals surface area contributed by atoms with Gasteiger partial charge in [0.25, 0.3) is 0 Å². The first-order valence-corrected chi connectivity index (χ1v) is 7.01. The first-order chi connectivity index (χ1) is 9.56. The summed E-state index contributed by atoms with van der Waals surface area (Å²) in [7, 11) is 2.14. The highest BCUT2D eigenvalue weighted by molar-refractivity contribution is 5.87. The van der Waals surface area contributed by atoms with Crippen LogP contribution in [-0.4, -0.2) is 49.2 Å². The lowest BCUT2D eigenvalue weighted by atomic mass is 10.1. The molecule has 0 saturated carbocycles. The Balaban J connectivity index is 2.27. The quantitative estimate of drug-likeness (QED) is 0.859. The number of hydrogen-bond acceptors (Lipinski definition) is 3. The molecule has 0 unspecified atom stereocenters. The van der Waals surface area contributed by atoms with E-state index >= 15 is 0 Å². The Bertz CT molecular complexity index is 511. The van der Waals surface area contributed by atoms with Gasteiger partial charge < -0.3 is 14.9 Å². The molecule has 1 heterocycles. The van der Waals surface area contributed by atoms with E-state index in [9.17, 15) is 4.79 Å². The molecule has 0 spiro atoms. The average molecular weight is 274 g/mol. The Hall–Kier alpha value is -1.81. The first-order valence-electron chi connectivity index (χ1n) is 7.01. The van der Waals surface area contributed by atoms with Crippen molar-refractivity contribution in [2.75, 3.05) is 38.1 Å². The summed E-state index contributed by atoms with van der Waals surface area (Å²) in [6.45, 7) is 6.17. The first kappa shape index (κ1) is 14.6. The molecule has 4 nitrogen and oxygen atoms in total. The number of benzene rings is 1. The monoisotopic (exact) mass is 274 g/mol. The van der Waals surface area contributed by atoms with E-state index in [1.807, 2.05) is 13.0 Å². The number of aliphatic carboxylic acids is 1. The fourth-order valence-corrected chi connectivity index (χ4v) is 2.54. The average Bonchev–Trinajstić information content (AvgIpc) is 2.61. The van der Waals surface area contributed by atoms with Gasteiger partial charge in [0.05, 0.1) is 0 Å². The van der Waals surface area contributed by atoms with Gasteiger partial charge in [0.1, 0.15) is 0 Å². The maximum Gasteiger partial charge on any atom is 0.328 e. The van der Waals surface area contributed by atoms with Crippen molar-refractivity contribution in [1.82, 2.24) is 4.90 Å². The number of aryl methyl sites for hydroxylation is 1. The Kier molecular flexibility index (Phi) is 4.79. The predicted molar refractivity (Wildman–Crippen MR) is 82.2 cm³/mol. The molecule has 2 rings (SSSR count). The van der Waals surface area contributed by atoms with Crippen molar-refractivity contribution in [3.8, 4) is 0 Å². The molecule has 108 valence electrons. The van der Waals surface area contributed by atoms with Gasteiger partial charge in [-0.3, -0.25) is 0 Å². The van der Waals surface area contributed by atoms with Gasteiger partial charge in [0, 0.05) is 31.4 Å². The molecule has 20 heavy (non-hydrogen) atoms. The number of carboxylic acid groups (broad SMARTS) is 1. The third-order valence-corrected chi connectivity index (χ3v) is 3.65. The molecule has 0 atom stereocenters. The zero-order valence-corrected chi connectivity index (χ0v) is 12.2. The van der Waals surface area contributed by atoms with E-state index in [1.54, 1.807) is 6.08 Å². The van der Waals surface area contributed by atoms with Crippen molar-refractivity contribution in [2.24, 2.45) is 0 Å². The van der Waals surface area contributed by atoms with E-state index in [0.717, 1.165) is 49.4 Å². The highest BCUT2D eigenvalue weighted by atomic mass is 16.4. The van der Waals surface area contributed by atoms with Gasteiger partial charge >= 0.3 is 5.97 Å². The number of carboxylic acids is 1. The van der Waals surface area contributed by atoms with Gasteiger partial charge in [0.2, 0.25) is 0 Å². The van der Waals surface area contributed by atoms with E-state index in [4.69, 9.17) is 5.11 Å². The van der Waals surface area contributed by atoms with Crippen LogP contribution < -0.4 is 4.90 Å². The minimum atomic E-state index is -0.909. The van der Waals surface area contributed by atoms with E-state index < -0.39 is 5.97 Å². The zero-order chi connectivity index (χ0) is 14.5. The van der Waals surface area contributed by atoms with Crippen molar-refractivity contribution < 1.29 is 9.90 Å². The normalized spacial score (nSPS) is 17.4. The third kappa shape index (κ3) is 3.84. The van der Waals surface area contributed by atoms with Crippen molar-refractivity contribution in [3.05, 3.63) is 35.4 Å². The highest BCUT2D eigenvalue weighted by Gasteiger charge is 2.14. The Morgan fingerprint density at radius 2 is 2.05 bits per heavy atom. The maximum atomic E-state index is 10.7. The largest absolute Gasteiger partial charge is 0.478 e. The van der Waals surface area contributed by atoms with E-state index in [1.165, 1.54) is 6.08 Å². The summed E-state index contributed by atoms with van der Waals surface area (Å²) in [5.41, 5.74) is 3.26. The van der Waals surface area contributed by atoms with Crippen molar-refractivity contribution in [1.29, 1.82) is 0 Å². The van der Waals surface area contributed by atoms with E-state index in [0.29, 0.717) is 0 Å². The smallest absolute Gasteiger partial charge is 0.328 e. The van der Waals surface area contributed by atoms with Crippen molar-refractivity contribution in [2.45, 2.75) is 13.3 Å². The summed E-state index contributed by atoms with van der Waals surface area (Å²) < 4.78 is 0. The third-order valence-electron chi connectivity index (χ3n) is 3.65. The number of anilines is 1. The number of rotatable bonds is 3. The number of hydrogen-bond donors (Lipinski definition) is 1. The summed E-state index contributed by atoms with van der Waals surface area (Å²) >= 11 is 0. The second-order valence-electron chi connectivity index (χ2n) is 5.38. The lowest BCUT2D eigenvalue weighted by Crippen LogP contribution is -2.29. The summed E-state index contributed by atoms with van der Waals surface area (Å²) in [6.07, 6.45) is 4.04. The SMILES string of the molecule is Cc1ccc(N2CCCN(C)CC2)c(/C=C/C(=O)O)c1. The molecule has 0 aromatic heterocycles. The van der Waals surface area contributed by atoms with Crippen LogP contribution in [0.1, 0.15) is 17.5 Å². The van der Waals surface area contributed by atoms with Crippen LogP contribution in [0.15, 0.2) is 24.3 Å². The molecule has 0 aliphatic carbocycles. The Morgan fingerprint density at radius 3 is 2.80 bits per heavy atom. The molecule has 1 aliphatic heterocycles. The summed E-state index contributed by atoms with van der Waals surface area (Å²) in [5.74, 6) is -0.909. The molecule has 1 fully saturated rings. The van der Waals surface area contributed by atoms with Crippen LogP contribution in [0, 0.1) is 6.92 Å². The molecular formula is C16H22N2O2. The van der Waals surface area contributed by atoms with Crippen LogP contribution in [0.2, 0.25) is 0 Å². The maximum absolute atomic E-state index is 10.7. The van der Waals surface area contributed by atoms with Gasteiger partial charge in [-0.1, -0.05) is 11.6 Å². The van der Waals surface area contributed by atoms with Gasteiger partial charge in [-0.2, -0.15) is 0 Å². The van der Waals surface area contributed by atoms with Crippen LogP contribution in [0.5, 0.6) is 0 Å². The van der Waals surface area contributed by atoms with Crippen LogP contribution in [0.25, 0.3) is 6.08 Å². The van der Waals surface area contributed by atoms with E-state index in [-0.39, 0.29) is 0 Å². The molecular weight excluding hydrogens is 252 g/mol. The molecule has 1 aromatic rings. The zero-order valence-electron chi connectivity index (χ0n) is 12.2. The molecule has 0 amide bonds. The number of likely N-dealkylation sites (N-methyl/N-ethyl adjacent to an activating group) is 1. The second-order valence-corrected chi connectivity index (χ2v) is 5.38. The molecule has 0 bridgehead atoms. The lowest BCUT2D eigenvalue weighted by Gasteiger charge is -2.25. The summed E-state index contributed by atoms with van der Waals surface area (Å²) in [4.78, 5) is 15.4. The van der Waals surface area contributed by atoms with Gasteiger partial charge in [-0.25, -0.2) is 4.79 Å². The summed E-state index contributed by atoms with van der Waals surface area (Å²) in [6, 6.07) is 6.23. The van der Waals surface area contributed by atoms with Crippen LogP contribution >= 0.6 is 0 Å². The fourth-order valence-electron chi connectivity index (χ4n) is 2.54. The lowest BCUT2D eigenvalue weighted by molar-refractivity contribution is -0.131. The number of carbonyl (C=O) groups is 1. The van der Waals surface area contributed by atoms with Gasteiger partial charge in [-0.05, 0) is 50.7 Å². The fraction of sp³-hybridized carbons (Fsp3) is 0.438. The molecule has 1 aliphatic rings. The molecule has 1 saturated heterocycles. The Labute approximate surface area is 120 Å².